The summed E-state index contributed by atoms with van der Waals surface area (Å²) >= 11 is 0. The first-order chi connectivity index (χ1) is 9.11. The van der Waals surface area contributed by atoms with Gasteiger partial charge in [-0.05, 0) is 24.7 Å². The molecular weight excluding hydrogens is 232 g/mol. The molecular formula is C18H29O. The van der Waals surface area contributed by atoms with Gasteiger partial charge in [-0.3, -0.25) is 5.11 Å². The standard InChI is InChI=1S/C18H29O/c1-5-7-10-14(3)16-12-9-13-17(18(16)19)15(4)11-8-6-2/h9,12-15H,5-8,10-11H2,1-4H3. The Balaban J connectivity index is 2.84. The van der Waals surface area contributed by atoms with Gasteiger partial charge in [0.2, 0.25) is 0 Å². The zero-order chi connectivity index (χ0) is 14.3. The highest BCUT2D eigenvalue weighted by molar-refractivity contribution is 5.43. The van der Waals surface area contributed by atoms with Crippen molar-refractivity contribution >= 4 is 0 Å². The van der Waals surface area contributed by atoms with Crippen LogP contribution in [0.25, 0.3) is 0 Å². The Morgan fingerprint density at radius 2 is 1.32 bits per heavy atom. The zero-order valence-corrected chi connectivity index (χ0v) is 13.0. The van der Waals surface area contributed by atoms with Crippen molar-refractivity contribution in [3.8, 4) is 5.75 Å². The lowest BCUT2D eigenvalue weighted by molar-refractivity contribution is 0.337. The molecule has 1 aromatic carbocycles. The van der Waals surface area contributed by atoms with E-state index >= 15 is 0 Å². The van der Waals surface area contributed by atoms with Crippen LogP contribution in [0.3, 0.4) is 0 Å². The van der Waals surface area contributed by atoms with Crippen LogP contribution in [0.5, 0.6) is 5.75 Å². The van der Waals surface area contributed by atoms with Crippen molar-refractivity contribution in [3.05, 3.63) is 29.3 Å². The van der Waals surface area contributed by atoms with E-state index < -0.39 is 0 Å². The Bertz CT molecular complexity index is 338. The first-order valence-electron chi connectivity index (χ1n) is 7.91. The Morgan fingerprint density at radius 3 is 1.68 bits per heavy atom. The fourth-order valence-corrected chi connectivity index (χ4v) is 2.68. The van der Waals surface area contributed by atoms with E-state index in [1.165, 1.54) is 25.7 Å². The third-order valence-corrected chi connectivity index (χ3v) is 4.12. The lowest BCUT2D eigenvalue weighted by atomic mass is 9.88. The van der Waals surface area contributed by atoms with E-state index in [9.17, 15) is 5.11 Å². The van der Waals surface area contributed by atoms with Gasteiger partial charge in [-0.15, -0.1) is 0 Å². The first-order valence-corrected chi connectivity index (χ1v) is 7.91. The number of benzene rings is 1. The molecule has 2 atom stereocenters. The summed E-state index contributed by atoms with van der Waals surface area (Å²) in [6, 6.07) is 6.12. The maximum atomic E-state index is 12.6. The van der Waals surface area contributed by atoms with E-state index in [0.717, 1.165) is 24.0 Å². The van der Waals surface area contributed by atoms with Gasteiger partial charge in [0.25, 0.3) is 0 Å². The molecule has 19 heavy (non-hydrogen) atoms. The van der Waals surface area contributed by atoms with Gasteiger partial charge in [0.15, 0.2) is 5.75 Å². The maximum Gasteiger partial charge on any atom is 0.185 e. The van der Waals surface area contributed by atoms with Crippen molar-refractivity contribution in [1.29, 1.82) is 0 Å². The zero-order valence-electron chi connectivity index (χ0n) is 13.0. The molecule has 0 aliphatic rings. The lowest BCUT2D eigenvalue weighted by Crippen LogP contribution is -1.99. The van der Waals surface area contributed by atoms with Crippen molar-refractivity contribution < 1.29 is 5.11 Å². The quantitative estimate of drug-likeness (QED) is 0.514. The smallest absolute Gasteiger partial charge is 0.185 e. The van der Waals surface area contributed by atoms with Crippen LogP contribution in [-0.4, -0.2) is 0 Å². The first kappa shape index (κ1) is 16.1. The normalized spacial score (nSPS) is 14.3. The summed E-state index contributed by atoms with van der Waals surface area (Å²) in [6.45, 7) is 8.78. The van der Waals surface area contributed by atoms with Gasteiger partial charge in [-0.25, -0.2) is 0 Å². The summed E-state index contributed by atoms with van der Waals surface area (Å²) in [4.78, 5) is 0. The molecule has 0 aliphatic carbocycles. The van der Waals surface area contributed by atoms with Crippen LogP contribution in [0.4, 0.5) is 0 Å². The molecule has 107 valence electrons. The molecule has 0 aromatic heterocycles. The molecule has 1 rings (SSSR count). The van der Waals surface area contributed by atoms with Gasteiger partial charge in [0.05, 0.1) is 0 Å². The maximum absolute atomic E-state index is 12.6. The Morgan fingerprint density at radius 1 is 0.895 bits per heavy atom. The summed E-state index contributed by atoms with van der Waals surface area (Å²) in [5.74, 6) is 1.09. The van der Waals surface area contributed by atoms with Gasteiger partial charge in [-0.1, -0.05) is 71.6 Å². The van der Waals surface area contributed by atoms with Gasteiger partial charge in [-0.2, -0.15) is 0 Å². The molecule has 1 nitrogen and oxygen atoms in total. The second-order valence-corrected chi connectivity index (χ2v) is 5.85. The average molecular weight is 261 g/mol. The van der Waals surface area contributed by atoms with Crippen molar-refractivity contribution in [3.63, 3.8) is 0 Å². The van der Waals surface area contributed by atoms with Crippen LogP contribution >= 0.6 is 0 Å². The van der Waals surface area contributed by atoms with Crippen LogP contribution in [0, 0.1) is 0 Å². The predicted molar refractivity (Wildman–Crippen MR) is 82.5 cm³/mol. The van der Waals surface area contributed by atoms with E-state index in [1.807, 2.05) is 12.1 Å². The Kier molecular flexibility index (Phi) is 6.97. The molecule has 0 heterocycles. The summed E-state index contributed by atoms with van der Waals surface area (Å²) in [5.41, 5.74) is 2.04. The number of unbranched alkanes of at least 4 members (excludes halogenated alkanes) is 2. The van der Waals surface area contributed by atoms with E-state index in [1.54, 1.807) is 0 Å². The van der Waals surface area contributed by atoms with E-state index in [2.05, 4.69) is 33.8 Å². The highest BCUT2D eigenvalue weighted by Gasteiger charge is 2.18. The minimum atomic E-state index is 0.301. The third kappa shape index (κ3) is 4.56. The largest absolute Gasteiger partial charge is 0.289 e. The summed E-state index contributed by atoms with van der Waals surface area (Å²) in [6.07, 6.45) is 7.06. The topological polar surface area (TPSA) is 19.9 Å². The molecule has 1 radical (unpaired) electrons. The Hall–Kier alpha value is -0.980. The van der Waals surface area contributed by atoms with E-state index in [-0.39, 0.29) is 0 Å². The van der Waals surface area contributed by atoms with Crippen LogP contribution < -0.4 is 0 Å². The van der Waals surface area contributed by atoms with E-state index in [0.29, 0.717) is 17.6 Å². The number of hydrogen-bond donors (Lipinski definition) is 0. The Labute approximate surface area is 119 Å². The van der Waals surface area contributed by atoms with Crippen molar-refractivity contribution in [1.82, 2.24) is 0 Å². The molecule has 0 N–H and O–H groups in total. The summed E-state index contributed by atoms with van der Waals surface area (Å²) in [5, 5.41) is 12.6. The molecule has 0 aliphatic heterocycles. The molecule has 1 heteroatoms. The highest BCUT2D eigenvalue weighted by atomic mass is 16.3. The van der Waals surface area contributed by atoms with Gasteiger partial charge < -0.3 is 0 Å². The molecule has 0 amide bonds. The predicted octanol–water partition coefficient (Wildman–Crippen LogP) is 6.42. The van der Waals surface area contributed by atoms with E-state index in [4.69, 9.17) is 0 Å². The van der Waals surface area contributed by atoms with Crippen LogP contribution in [-0.2, 0) is 5.11 Å². The van der Waals surface area contributed by atoms with Crippen LogP contribution in [0.15, 0.2) is 18.2 Å². The molecule has 2 unspecified atom stereocenters. The summed E-state index contributed by atoms with van der Waals surface area (Å²) < 4.78 is 0. The second kappa shape index (κ2) is 8.24. The van der Waals surface area contributed by atoms with Gasteiger partial charge >= 0.3 is 0 Å². The molecule has 1 aromatic rings. The number of hydrogen-bond acceptors (Lipinski definition) is 0. The molecule has 0 saturated heterocycles. The van der Waals surface area contributed by atoms with Crippen molar-refractivity contribution in [2.24, 2.45) is 0 Å². The molecule has 0 spiro atoms. The molecule has 0 saturated carbocycles. The monoisotopic (exact) mass is 261 g/mol. The van der Waals surface area contributed by atoms with Gasteiger partial charge in [0.1, 0.15) is 0 Å². The third-order valence-electron chi connectivity index (χ3n) is 4.12. The van der Waals surface area contributed by atoms with Crippen LogP contribution in [0.1, 0.15) is 89.2 Å². The molecule has 0 fully saturated rings. The minimum Gasteiger partial charge on any atom is -0.289 e. The van der Waals surface area contributed by atoms with Crippen molar-refractivity contribution in [2.75, 3.05) is 0 Å². The molecule has 0 bridgehead atoms. The fourth-order valence-electron chi connectivity index (χ4n) is 2.68. The average Bonchev–Trinajstić information content (AvgIpc) is 2.42. The lowest BCUT2D eigenvalue weighted by Gasteiger charge is -2.17. The highest BCUT2D eigenvalue weighted by Crippen LogP contribution is 2.37. The fraction of sp³-hybridized carbons (Fsp3) is 0.667. The minimum absolute atomic E-state index is 0.301. The van der Waals surface area contributed by atoms with Crippen LogP contribution in [0.2, 0.25) is 0 Å². The number of para-hydroxylation sites is 1. The SMILES string of the molecule is CCCCC(C)c1cccc(C(C)CCCC)c1[O]. The van der Waals surface area contributed by atoms with Gasteiger partial charge in [0, 0.05) is 11.1 Å². The second-order valence-electron chi connectivity index (χ2n) is 5.85. The number of rotatable bonds is 8. The summed E-state index contributed by atoms with van der Waals surface area (Å²) in [7, 11) is 0. The van der Waals surface area contributed by atoms with Crippen molar-refractivity contribution in [2.45, 2.75) is 78.1 Å².